The number of carbonyl (C=O) groups is 1. The van der Waals surface area contributed by atoms with Crippen molar-refractivity contribution in [2.45, 2.75) is 44.2 Å². The molecule has 0 spiro atoms. The summed E-state index contributed by atoms with van der Waals surface area (Å²) < 4.78 is 19.4. The molecule has 9 heteroatoms. The van der Waals surface area contributed by atoms with Crippen molar-refractivity contribution in [2.24, 2.45) is 13.0 Å². The van der Waals surface area contributed by atoms with Crippen LogP contribution in [0, 0.1) is 5.92 Å². The summed E-state index contributed by atoms with van der Waals surface area (Å²) in [6.07, 6.45) is 5.38. The van der Waals surface area contributed by atoms with Gasteiger partial charge in [0, 0.05) is 37.6 Å². The minimum Gasteiger partial charge on any atom is -0.493 e. The maximum atomic E-state index is 13.5. The highest BCUT2D eigenvalue weighted by molar-refractivity contribution is 5.98. The third kappa shape index (κ3) is 5.19. The van der Waals surface area contributed by atoms with Crippen LogP contribution in [0.4, 0.5) is 0 Å². The van der Waals surface area contributed by atoms with Crippen molar-refractivity contribution < 1.29 is 24.1 Å². The zero-order valence-electron chi connectivity index (χ0n) is 21.0. The molecule has 1 aliphatic carbocycles. The normalized spacial score (nSPS) is 20.8. The van der Waals surface area contributed by atoms with Crippen LogP contribution in [0.1, 0.15) is 46.3 Å². The van der Waals surface area contributed by atoms with Gasteiger partial charge in [0.2, 0.25) is 0 Å². The number of fused-ring (bicyclic) bond motifs is 1. The first kappa shape index (κ1) is 23.9. The van der Waals surface area contributed by atoms with E-state index in [9.17, 15) is 9.90 Å². The molecule has 1 amide bonds. The summed E-state index contributed by atoms with van der Waals surface area (Å²) in [5.41, 5.74) is 5.35. The molecule has 2 N–H and O–H groups in total. The van der Waals surface area contributed by atoms with E-state index in [1.807, 2.05) is 31.4 Å². The van der Waals surface area contributed by atoms with E-state index in [1.54, 1.807) is 4.68 Å². The lowest BCUT2D eigenvalue weighted by atomic mass is 9.95. The van der Waals surface area contributed by atoms with Crippen LogP contribution in [0.5, 0.6) is 11.5 Å². The maximum absolute atomic E-state index is 13.5. The number of carbonyl (C=O) groups excluding carboxylic acids is 1. The number of nitrogens with zero attached hydrogens (tertiary/aromatic N) is 3. The molecule has 2 fully saturated rings. The average Bonchev–Trinajstić information content (AvgIpc) is 3.41. The van der Waals surface area contributed by atoms with Crippen LogP contribution >= 0.6 is 0 Å². The van der Waals surface area contributed by atoms with Crippen LogP contribution in [0.3, 0.4) is 0 Å². The number of aliphatic hydroxyl groups is 1. The van der Waals surface area contributed by atoms with Crippen molar-refractivity contribution in [1.82, 2.24) is 20.3 Å². The second-order valence-corrected chi connectivity index (χ2v) is 10.2. The Hall–Kier alpha value is -3.43. The summed E-state index contributed by atoms with van der Waals surface area (Å²) in [4.78, 5) is 13.5. The van der Waals surface area contributed by atoms with Crippen LogP contribution in [0.2, 0.25) is 0 Å². The fourth-order valence-corrected chi connectivity index (χ4v) is 5.01. The van der Waals surface area contributed by atoms with Crippen molar-refractivity contribution in [3.05, 3.63) is 58.8 Å². The first-order chi connectivity index (χ1) is 18.0. The van der Waals surface area contributed by atoms with E-state index in [0.29, 0.717) is 56.3 Å². The number of aliphatic hydroxyl groups excluding tert-OH is 1. The van der Waals surface area contributed by atoms with Crippen molar-refractivity contribution >= 4 is 5.91 Å². The van der Waals surface area contributed by atoms with E-state index in [-0.39, 0.29) is 18.6 Å². The summed E-state index contributed by atoms with van der Waals surface area (Å²) >= 11 is 0. The molecule has 3 aliphatic rings. The molecule has 0 unspecified atom stereocenters. The molecule has 2 atom stereocenters. The van der Waals surface area contributed by atoms with Gasteiger partial charge in [0.05, 0.1) is 43.7 Å². The van der Waals surface area contributed by atoms with E-state index in [1.165, 1.54) is 0 Å². The van der Waals surface area contributed by atoms with E-state index < -0.39 is 6.10 Å². The summed E-state index contributed by atoms with van der Waals surface area (Å²) in [6, 6.07) is 9.77. The fraction of sp³-hybridized carbons (Fsp3) is 0.464. The predicted molar refractivity (Wildman–Crippen MR) is 136 cm³/mol. The van der Waals surface area contributed by atoms with Crippen LogP contribution in [0.15, 0.2) is 36.5 Å². The third-order valence-corrected chi connectivity index (χ3v) is 7.30. The van der Waals surface area contributed by atoms with E-state index >= 15 is 0 Å². The molecule has 2 aliphatic heterocycles. The van der Waals surface area contributed by atoms with Crippen molar-refractivity contribution in [3.63, 3.8) is 0 Å². The van der Waals surface area contributed by atoms with Crippen LogP contribution < -0.4 is 14.8 Å². The number of benzene rings is 2. The molecule has 2 aromatic carbocycles. The minimum absolute atomic E-state index is 0.226. The smallest absolute Gasteiger partial charge is 0.255 e. The molecule has 1 saturated carbocycles. The maximum Gasteiger partial charge on any atom is 0.255 e. The molecule has 1 aromatic heterocycles. The van der Waals surface area contributed by atoms with Gasteiger partial charge in [-0.15, -0.1) is 5.10 Å². The van der Waals surface area contributed by atoms with Gasteiger partial charge in [-0.2, -0.15) is 0 Å². The lowest BCUT2D eigenvalue weighted by Gasteiger charge is -2.29. The topological polar surface area (TPSA) is 108 Å². The number of amides is 1. The number of hydrogen-bond donors (Lipinski definition) is 2. The summed E-state index contributed by atoms with van der Waals surface area (Å²) in [5, 5.41) is 21.6. The van der Waals surface area contributed by atoms with Crippen molar-refractivity contribution in [2.75, 3.05) is 26.4 Å². The summed E-state index contributed by atoms with van der Waals surface area (Å²) in [7, 11) is 1.85. The molecule has 194 valence electrons. The molecule has 9 nitrogen and oxygen atoms in total. The lowest BCUT2D eigenvalue weighted by molar-refractivity contribution is -0.0261. The SMILES string of the molecule is Cn1cc(-c2ccc(Cc3cc(C(=O)N[C@H]4CCOC[C@@H]4O)c(OCC4CC4)c4c3OCC4)cc2)nn1. The Morgan fingerprint density at radius 3 is 2.78 bits per heavy atom. The van der Waals surface area contributed by atoms with Crippen LogP contribution in [-0.4, -0.2) is 64.6 Å². The number of aryl methyl sites for hydroxylation is 1. The first-order valence-electron chi connectivity index (χ1n) is 13.0. The Morgan fingerprint density at radius 1 is 1.22 bits per heavy atom. The van der Waals surface area contributed by atoms with Gasteiger partial charge in [0.15, 0.2) is 0 Å². The highest BCUT2D eigenvalue weighted by Gasteiger charge is 2.32. The molecular formula is C28H32N4O5. The number of hydrogen-bond acceptors (Lipinski definition) is 7. The van der Waals surface area contributed by atoms with E-state index in [0.717, 1.165) is 46.5 Å². The number of nitrogens with one attached hydrogen (secondary N) is 1. The Balaban J connectivity index is 1.30. The highest BCUT2D eigenvalue weighted by Crippen LogP contribution is 2.42. The number of rotatable bonds is 8. The second-order valence-electron chi connectivity index (χ2n) is 10.2. The van der Waals surface area contributed by atoms with Crippen LogP contribution in [-0.2, 0) is 24.6 Å². The van der Waals surface area contributed by atoms with Crippen LogP contribution in [0.25, 0.3) is 11.3 Å². The molecule has 0 bridgehead atoms. The van der Waals surface area contributed by atoms with E-state index in [4.69, 9.17) is 14.2 Å². The van der Waals surface area contributed by atoms with Gasteiger partial charge in [0.1, 0.15) is 17.2 Å². The minimum atomic E-state index is -0.724. The average molecular weight is 505 g/mol. The zero-order valence-corrected chi connectivity index (χ0v) is 21.0. The molecule has 6 rings (SSSR count). The summed E-state index contributed by atoms with van der Waals surface area (Å²) in [6.45, 7) is 1.91. The first-order valence-corrected chi connectivity index (χ1v) is 13.0. The van der Waals surface area contributed by atoms with Gasteiger partial charge >= 0.3 is 0 Å². The lowest BCUT2D eigenvalue weighted by Crippen LogP contribution is -2.48. The molecule has 37 heavy (non-hydrogen) atoms. The van der Waals surface area contributed by atoms with Gasteiger partial charge in [-0.25, -0.2) is 0 Å². The number of ether oxygens (including phenoxy) is 3. The molecular weight excluding hydrogens is 472 g/mol. The quantitative estimate of drug-likeness (QED) is 0.486. The molecule has 3 heterocycles. The Morgan fingerprint density at radius 2 is 2.05 bits per heavy atom. The Bertz CT molecular complexity index is 1280. The molecule has 3 aromatic rings. The van der Waals surface area contributed by atoms with Gasteiger partial charge in [-0.3, -0.25) is 9.48 Å². The fourth-order valence-electron chi connectivity index (χ4n) is 5.01. The predicted octanol–water partition coefficient (Wildman–Crippen LogP) is 2.68. The monoisotopic (exact) mass is 504 g/mol. The van der Waals surface area contributed by atoms with Crippen molar-refractivity contribution in [1.29, 1.82) is 0 Å². The van der Waals surface area contributed by atoms with Gasteiger partial charge < -0.3 is 24.6 Å². The number of aromatic nitrogens is 3. The molecule has 1 saturated heterocycles. The van der Waals surface area contributed by atoms with Gasteiger partial charge in [-0.1, -0.05) is 29.5 Å². The highest BCUT2D eigenvalue weighted by atomic mass is 16.5. The Labute approximate surface area is 215 Å². The summed E-state index contributed by atoms with van der Waals surface area (Å²) in [5.74, 6) is 1.77. The Kier molecular flexibility index (Phi) is 6.56. The van der Waals surface area contributed by atoms with E-state index in [2.05, 4.69) is 27.8 Å². The van der Waals surface area contributed by atoms with Crippen molar-refractivity contribution in [3.8, 4) is 22.8 Å². The largest absolute Gasteiger partial charge is 0.493 e. The third-order valence-electron chi connectivity index (χ3n) is 7.30. The molecule has 0 radical (unpaired) electrons. The standard InChI is InChI=1S/C28H32N4O5/c1-32-14-24(30-31-32)19-6-4-17(5-7-19)12-20-13-22(28(34)29-23-9-10-35-16-25(23)33)27(37-15-18-2-3-18)21-8-11-36-26(20)21/h4-7,13-14,18,23,25,33H,2-3,8-12,15-16H2,1H3,(H,29,34)/t23-,25-/m0/s1. The van der Waals surface area contributed by atoms with Gasteiger partial charge in [0.25, 0.3) is 5.91 Å². The second kappa shape index (κ2) is 10.1. The zero-order chi connectivity index (χ0) is 25.4. The van der Waals surface area contributed by atoms with Gasteiger partial charge in [-0.05, 0) is 42.4 Å².